The lowest BCUT2D eigenvalue weighted by Crippen LogP contribution is -2.47. The fourth-order valence-corrected chi connectivity index (χ4v) is 4.39. The molecule has 4 atom stereocenters. The third-order valence-electron chi connectivity index (χ3n) is 5.94. The lowest BCUT2D eigenvalue weighted by Gasteiger charge is -2.31. The maximum Gasteiger partial charge on any atom is 0.407 e. The van der Waals surface area contributed by atoms with E-state index in [4.69, 9.17) is 18.9 Å². The molecule has 2 amide bonds. The molecule has 2 saturated carbocycles. The summed E-state index contributed by atoms with van der Waals surface area (Å²) in [6.07, 6.45) is 6.16. The first-order valence-electron chi connectivity index (χ1n) is 12.8. The number of hydrogen-bond acceptors (Lipinski definition) is 8. The van der Waals surface area contributed by atoms with Gasteiger partial charge in [0.25, 0.3) is 0 Å². The fraction of sp³-hybridized carbons (Fsp3) is 0.846. The van der Waals surface area contributed by atoms with Gasteiger partial charge in [0.2, 0.25) is 0 Å². The van der Waals surface area contributed by atoms with Crippen LogP contribution in [0.4, 0.5) is 9.59 Å². The average Bonchev–Trinajstić information content (AvgIpc) is 2.76. The molecule has 2 aliphatic rings. The van der Waals surface area contributed by atoms with Crippen molar-refractivity contribution in [2.75, 3.05) is 14.2 Å². The maximum atomic E-state index is 11.7. The van der Waals surface area contributed by atoms with Gasteiger partial charge in [0.15, 0.2) is 0 Å². The van der Waals surface area contributed by atoms with Crippen molar-refractivity contribution in [2.45, 2.75) is 116 Å². The highest BCUT2D eigenvalue weighted by atomic mass is 16.6. The number of esters is 2. The van der Waals surface area contributed by atoms with Gasteiger partial charge in [-0.2, -0.15) is 0 Å². The van der Waals surface area contributed by atoms with E-state index in [9.17, 15) is 19.2 Å². The van der Waals surface area contributed by atoms with Crippen molar-refractivity contribution in [3.8, 4) is 0 Å². The second-order valence-corrected chi connectivity index (χ2v) is 11.3. The van der Waals surface area contributed by atoms with Crippen LogP contribution >= 0.6 is 0 Å². The Morgan fingerprint density at radius 3 is 1.17 bits per heavy atom. The van der Waals surface area contributed by atoms with Gasteiger partial charge in [-0.25, -0.2) is 9.59 Å². The van der Waals surface area contributed by atoms with E-state index < -0.39 is 23.4 Å². The summed E-state index contributed by atoms with van der Waals surface area (Å²) in [6, 6.07) is -0.359. The molecule has 0 aromatic carbocycles. The van der Waals surface area contributed by atoms with Crippen LogP contribution in [0.5, 0.6) is 0 Å². The first-order valence-corrected chi connectivity index (χ1v) is 12.8. The molecule has 2 fully saturated rings. The van der Waals surface area contributed by atoms with Crippen molar-refractivity contribution in [3.05, 3.63) is 0 Å². The topological polar surface area (TPSA) is 129 Å². The highest BCUT2D eigenvalue weighted by Crippen LogP contribution is 2.27. The molecule has 208 valence electrons. The van der Waals surface area contributed by atoms with Crippen LogP contribution in [0, 0.1) is 11.8 Å². The Labute approximate surface area is 215 Å². The Morgan fingerprint density at radius 1 is 0.583 bits per heavy atom. The average molecular weight is 515 g/mol. The van der Waals surface area contributed by atoms with Gasteiger partial charge in [-0.05, 0) is 67.2 Å². The summed E-state index contributed by atoms with van der Waals surface area (Å²) >= 11 is 0. The van der Waals surface area contributed by atoms with Gasteiger partial charge in [0.05, 0.1) is 26.1 Å². The van der Waals surface area contributed by atoms with Crippen LogP contribution in [-0.2, 0) is 28.5 Å². The summed E-state index contributed by atoms with van der Waals surface area (Å²) in [6.45, 7) is 10.9. The van der Waals surface area contributed by atoms with Crippen LogP contribution in [0.2, 0.25) is 0 Å². The Balaban J connectivity index is 0.000000360. The van der Waals surface area contributed by atoms with Crippen LogP contribution < -0.4 is 10.6 Å². The van der Waals surface area contributed by atoms with E-state index in [1.165, 1.54) is 14.2 Å². The summed E-state index contributed by atoms with van der Waals surface area (Å²) in [5, 5.41) is 5.56. The highest BCUT2D eigenvalue weighted by Gasteiger charge is 2.35. The third kappa shape index (κ3) is 11.9. The van der Waals surface area contributed by atoms with Crippen LogP contribution in [0.15, 0.2) is 0 Å². The molecule has 0 aromatic rings. The van der Waals surface area contributed by atoms with Crippen molar-refractivity contribution in [1.29, 1.82) is 0 Å². The highest BCUT2D eigenvalue weighted by molar-refractivity contribution is 5.76. The summed E-state index contributed by atoms with van der Waals surface area (Å²) in [7, 11) is 2.75. The smallest absolute Gasteiger partial charge is 0.407 e. The molecular weight excluding hydrogens is 468 g/mol. The number of carbonyl (C=O) groups excluding carboxylic acids is 4. The molecular formula is C26H46N2O8. The van der Waals surface area contributed by atoms with E-state index >= 15 is 0 Å². The monoisotopic (exact) mass is 514 g/mol. The predicted octanol–water partition coefficient (Wildman–Crippen LogP) is 4.49. The van der Waals surface area contributed by atoms with Crippen LogP contribution in [-0.4, -0.2) is 61.6 Å². The lowest BCUT2D eigenvalue weighted by molar-refractivity contribution is -0.148. The molecule has 10 nitrogen and oxygen atoms in total. The molecule has 0 heterocycles. The number of amides is 2. The molecule has 36 heavy (non-hydrogen) atoms. The SMILES string of the molecule is COC(=O)[C@@H]1CCCC[C@H]1NC(=O)OC(C)(C)C.COC(=O)[C@H]1CCCC[C@H]1NC(=O)OC(C)(C)C. The Hall–Kier alpha value is -2.52. The van der Waals surface area contributed by atoms with Gasteiger partial charge < -0.3 is 29.6 Å². The lowest BCUT2D eigenvalue weighted by atomic mass is 9.84. The van der Waals surface area contributed by atoms with Crippen molar-refractivity contribution in [2.24, 2.45) is 11.8 Å². The van der Waals surface area contributed by atoms with E-state index in [-0.39, 0.29) is 35.9 Å². The summed E-state index contributed by atoms with van der Waals surface area (Å²) < 4.78 is 19.9. The first kappa shape index (κ1) is 31.5. The number of rotatable bonds is 4. The first-order chi connectivity index (χ1) is 16.7. The van der Waals surface area contributed by atoms with Gasteiger partial charge in [0, 0.05) is 12.1 Å². The number of nitrogens with one attached hydrogen (secondary N) is 2. The molecule has 10 heteroatoms. The van der Waals surface area contributed by atoms with Gasteiger partial charge in [-0.3, -0.25) is 9.59 Å². The second-order valence-electron chi connectivity index (χ2n) is 11.3. The zero-order valence-electron chi connectivity index (χ0n) is 23.2. The Morgan fingerprint density at radius 2 is 0.889 bits per heavy atom. The zero-order chi connectivity index (χ0) is 27.5. The van der Waals surface area contributed by atoms with Crippen molar-refractivity contribution >= 4 is 24.1 Å². The number of methoxy groups -OCH3 is 2. The van der Waals surface area contributed by atoms with Crippen LogP contribution in [0.1, 0.15) is 92.9 Å². The zero-order valence-corrected chi connectivity index (χ0v) is 23.2. The number of hydrogen-bond donors (Lipinski definition) is 2. The molecule has 0 radical (unpaired) electrons. The number of carbonyl (C=O) groups is 4. The molecule has 0 saturated heterocycles. The molecule has 2 aliphatic carbocycles. The fourth-order valence-electron chi connectivity index (χ4n) is 4.39. The molecule has 2 N–H and O–H groups in total. The minimum Gasteiger partial charge on any atom is -0.469 e. The summed E-state index contributed by atoms with van der Waals surface area (Å²) in [5.74, 6) is -1.01. The van der Waals surface area contributed by atoms with Gasteiger partial charge in [-0.1, -0.05) is 25.7 Å². The normalized spacial score (nSPS) is 24.2. The van der Waals surface area contributed by atoms with Crippen molar-refractivity contribution in [1.82, 2.24) is 10.6 Å². The molecule has 0 aliphatic heterocycles. The molecule has 2 rings (SSSR count). The largest absolute Gasteiger partial charge is 0.469 e. The second kappa shape index (κ2) is 14.3. The third-order valence-corrected chi connectivity index (χ3v) is 5.94. The Kier molecular flexibility index (Phi) is 12.5. The number of ether oxygens (including phenoxy) is 4. The minimum atomic E-state index is -0.528. The predicted molar refractivity (Wildman–Crippen MR) is 134 cm³/mol. The van der Waals surface area contributed by atoms with E-state index in [2.05, 4.69) is 10.6 Å². The van der Waals surface area contributed by atoms with E-state index in [1.807, 2.05) is 41.5 Å². The maximum absolute atomic E-state index is 11.7. The van der Waals surface area contributed by atoms with E-state index in [1.54, 1.807) is 0 Å². The minimum absolute atomic E-state index is 0.180. The number of alkyl carbamates (subject to hydrolysis) is 2. The summed E-state index contributed by atoms with van der Waals surface area (Å²) in [5.41, 5.74) is -1.06. The van der Waals surface area contributed by atoms with E-state index in [0.717, 1.165) is 51.4 Å². The van der Waals surface area contributed by atoms with Gasteiger partial charge in [-0.15, -0.1) is 0 Å². The van der Waals surface area contributed by atoms with E-state index in [0.29, 0.717) is 0 Å². The molecule has 0 spiro atoms. The van der Waals surface area contributed by atoms with Crippen LogP contribution in [0.25, 0.3) is 0 Å². The van der Waals surface area contributed by atoms with Gasteiger partial charge >= 0.3 is 24.1 Å². The quantitative estimate of drug-likeness (QED) is 0.415. The molecule has 0 aromatic heterocycles. The standard InChI is InChI=1S/2C13H23NO4/c2*1-13(2,3)18-12(16)14-10-8-6-5-7-9(10)11(15)17-4/h2*9-10H,5-8H2,1-4H3,(H,14,16)/t9-,10+;9-,10-/m01/s1. The van der Waals surface area contributed by atoms with Crippen molar-refractivity contribution < 1.29 is 38.1 Å². The van der Waals surface area contributed by atoms with Gasteiger partial charge in [0.1, 0.15) is 11.2 Å². The van der Waals surface area contributed by atoms with Crippen LogP contribution in [0.3, 0.4) is 0 Å². The molecule has 0 bridgehead atoms. The molecule has 0 unspecified atom stereocenters. The summed E-state index contributed by atoms with van der Waals surface area (Å²) in [4.78, 5) is 46.7. The van der Waals surface area contributed by atoms with Crippen molar-refractivity contribution in [3.63, 3.8) is 0 Å². The Bertz CT molecular complexity index is 679.